The van der Waals surface area contributed by atoms with Crippen LogP contribution in [0.2, 0.25) is 0 Å². The van der Waals surface area contributed by atoms with Crippen LogP contribution in [-0.4, -0.2) is 35.1 Å². The van der Waals surface area contributed by atoms with Gasteiger partial charge in [-0.1, -0.05) is 207 Å². The van der Waals surface area contributed by atoms with E-state index in [-0.39, 0.29) is 11.9 Å². The molecule has 0 unspecified atom stereocenters. The Morgan fingerprint density at radius 1 is 0.435 bits per heavy atom. The lowest BCUT2D eigenvalue weighted by Crippen LogP contribution is -2.11. The van der Waals surface area contributed by atoms with Crippen molar-refractivity contribution < 1.29 is 19.1 Å². The molecule has 5 aromatic rings. The topological polar surface area (TPSA) is 78.4 Å². The number of esters is 2. The van der Waals surface area contributed by atoms with Gasteiger partial charge in [0.25, 0.3) is 0 Å². The van der Waals surface area contributed by atoms with Crippen molar-refractivity contribution in [3.05, 3.63) is 44.4 Å². The first-order valence-electron chi connectivity index (χ1n) is 28.5. The molecule has 0 saturated heterocycles. The lowest BCUT2D eigenvalue weighted by Gasteiger charge is -2.11. The maximum Gasteiger partial charge on any atom is 0.340 e. The van der Waals surface area contributed by atoms with Crippen molar-refractivity contribution in [2.45, 2.75) is 260 Å². The maximum absolute atomic E-state index is 14.4. The van der Waals surface area contributed by atoms with Crippen LogP contribution in [0.15, 0.2) is 12.1 Å². The number of aromatic nitrogens is 2. The molecule has 0 bridgehead atoms. The SMILES string of the molecule is CCCCCCCCCCCCOC(=O)c1c2cc(-c3sc(C)c4nc(CCCCCCCC)c(CCCCCCCC)nc34)sc2c(C(=O)OCCCCCCCCCCCC)c2cc(C)sc12. The van der Waals surface area contributed by atoms with E-state index in [1.807, 2.05) is 0 Å². The molecule has 4 heterocycles. The third-order valence-corrected chi connectivity index (χ3v) is 17.5. The minimum atomic E-state index is -0.301. The van der Waals surface area contributed by atoms with Gasteiger partial charge in [0.15, 0.2) is 0 Å². The standard InChI is InChI=1S/C60H92N2O4S3/c1-7-11-15-19-23-25-27-29-33-37-41-65-59(63)52-47-43-45(5)67-56(47)53(60(64)66-42-38-34-30-28-26-24-20-16-12-8-2)48-44-51(69-57(48)52)58-55-54(46(6)68-58)61-49(39-35-31-21-17-13-9-3)50(62-55)40-36-32-22-18-14-10-4/h43-44H,7-42H2,1-6H3. The molecule has 0 atom stereocenters. The largest absolute Gasteiger partial charge is 0.462 e. The summed E-state index contributed by atoms with van der Waals surface area (Å²) in [6.07, 6.45) is 41.4. The quantitative estimate of drug-likeness (QED) is 0.0288. The van der Waals surface area contributed by atoms with Gasteiger partial charge in [-0.15, -0.1) is 34.0 Å². The van der Waals surface area contributed by atoms with Gasteiger partial charge in [0.05, 0.1) is 50.0 Å². The molecule has 384 valence electrons. The number of carbonyl (C=O) groups is 2. The lowest BCUT2D eigenvalue weighted by atomic mass is 10.0. The Morgan fingerprint density at radius 2 is 0.797 bits per heavy atom. The summed E-state index contributed by atoms with van der Waals surface area (Å²) in [5, 5.41) is 1.58. The molecule has 0 N–H and O–H groups in total. The normalized spacial score (nSPS) is 11.8. The van der Waals surface area contributed by atoms with Gasteiger partial charge in [0, 0.05) is 25.4 Å². The average Bonchev–Trinajstić information content (AvgIpc) is 4.04. The molecular weight excluding hydrogens is 909 g/mol. The molecular formula is C60H92N2O4S3. The van der Waals surface area contributed by atoms with Gasteiger partial charge in [0.2, 0.25) is 0 Å². The van der Waals surface area contributed by atoms with Crippen LogP contribution < -0.4 is 0 Å². The van der Waals surface area contributed by atoms with Crippen molar-refractivity contribution >= 4 is 77.2 Å². The van der Waals surface area contributed by atoms with E-state index in [4.69, 9.17) is 19.4 Å². The predicted octanol–water partition coefficient (Wildman–Crippen LogP) is 20.4. The Balaban J connectivity index is 1.43. The minimum Gasteiger partial charge on any atom is -0.462 e. The number of ether oxygens (including phenoxy) is 2. The Labute approximate surface area is 431 Å². The van der Waals surface area contributed by atoms with Crippen LogP contribution >= 0.6 is 34.0 Å². The van der Waals surface area contributed by atoms with Gasteiger partial charge in [-0.3, -0.25) is 0 Å². The number of hydrogen-bond acceptors (Lipinski definition) is 9. The molecule has 69 heavy (non-hydrogen) atoms. The third-order valence-electron chi connectivity index (χ3n) is 14.1. The van der Waals surface area contributed by atoms with E-state index >= 15 is 0 Å². The number of fused-ring (bicyclic) bond motifs is 3. The molecule has 0 amide bonds. The average molecular weight is 1000 g/mol. The number of benzene rings is 1. The highest BCUT2D eigenvalue weighted by Gasteiger charge is 2.29. The Kier molecular flexibility index (Phi) is 27.2. The van der Waals surface area contributed by atoms with Gasteiger partial charge < -0.3 is 9.47 Å². The molecule has 4 aromatic heterocycles. The number of nitrogens with zero attached hydrogens (tertiary/aromatic N) is 2. The van der Waals surface area contributed by atoms with Crippen LogP contribution in [0.1, 0.15) is 275 Å². The molecule has 0 aliphatic heterocycles. The molecule has 0 aliphatic rings. The lowest BCUT2D eigenvalue weighted by molar-refractivity contribution is 0.0490. The number of unbranched alkanes of at least 4 members (excludes halogenated alkanes) is 28. The van der Waals surface area contributed by atoms with E-state index in [9.17, 15) is 9.59 Å². The monoisotopic (exact) mass is 1000 g/mol. The summed E-state index contributed by atoms with van der Waals surface area (Å²) < 4.78 is 13.9. The zero-order valence-corrected chi connectivity index (χ0v) is 46.8. The van der Waals surface area contributed by atoms with Gasteiger partial charge in [-0.2, -0.15) is 0 Å². The van der Waals surface area contributed by atoms with Crippen LogP contribution in [0.5, 0.6) is 0 Å². The highest BCUT2D eigenvalue weighted by Crippen LogP contribution is 2.48. The Morgan fingerprint density at radius 3 is 1.23 bits per heavy atom. The number of hydrogen-bond donors (Lipinski definition) is 0. The maximum atomic E-state index is 14.4. The zero-order valence-electron chi connectivity index (χ0n) is 44.4. The Hall–Kier alpha value is -2.88. The van der Waals surface area contributed by atoms with Gasteiger partial charge in [-0.25, -0.2) is 19.6 Å². The van der Waals surface area contributed by atoms with E-state index in [0.29, 0.717) is 24.3 Å². The third kappa shape index (κ3) is 18.3. The number of aryl methyl sites for hydroxylation is 4. The molecule has 1 aromatic carbocycles. The predicted molar refractivity (Wildman–Crippen MR) is 302 cm³/mol. The molecule has 9 heteroatoms. The minimum absolute atomic E-state index is 0.301. The summed E-state index contributed by atoms with van der Waals surface area (Å²) in [5.41, 5.74) is 5.41. The molecule has 0 radical (unpaired) electrons. The molecule has 0 aliphatic carbocycles. The summed E-state index contributed by atoms with van der Waals surface area (Å²) >= 11 is 4.91. The van der Waals surface area contributed by atoms with E-state index in [1.165, 1.54) is 173 Å². The van der Waals surface area contributed by atoms with Crippen LogP contribution in [0, 0.1) is 13.8 Å². The number of thiophene rings is 3. The van der Waals surface area contributed by atoms with E-state index in [0.717, 1.165) is 108 Å². The Bertz CT molecular complexity index is 2160. The second-order valence-corrected chi connectivity index (χ2v) is 23.7. The van der Waals surface area contributed by atoms with Gasteiger partial charge >= 0.3 is 11.9 Å². The van der Waals surface area contributed by atoms with E-state index in [2.05, 4.69) is 53.7 Å². The van der Waals surface area contributed by atoms with E-state index < -0.39 is 0 Å². The molecule has 0 fully saturated rings. The van der Waals surface area contributed by atoms with Crippen molar-refractivity contribution in [1.29, 1.82) is 0 Å². The smallest absolute Gasteiger partial charge is 0.340 e. The van der Waals surface area contributed by atoms with Crippen molar-refractivity contribution in [2.75, 3.05) is 13.2 Å². The second-order valence-electron chi connectivity index (χ2n) is 20.2. The summed E-state index contributed by atoms with van der Waals surface area (Å²) in [6, 6.07) is 4.22. The highest BCUT2D eigenvalue weighted by atomic mass is 32.1. The summed E-state index contributed by atoms with van der Waals surface area (Å²) in [4.78, 5) is 44.2. The summed E-state index contributed by atoms with van der Waals surface area (Å²) in [7, 11) is 0. The zero-order chi connectivity index (χ0) is 49.1. The first-order chi connectivity index (χ1) is 33.8. The molecule has 0 saturated carbocycles. The first-order valence-corrected chi connectivity index (χ1v) is 30.9. The summed E-state index contributed by atoms with van der Waals surface area (Å²) in [6.45, 7) is 14.1. The fourth-order valence-electron chi connectivity index (χ4n) is 9.93. The van der Waals surface area contributed by atoms with Crippen LogP contribution in [0.25, 0.3) is 41.0 Å². The van der Waals surface area contributed by atoms with Crippen molar-refractivity contribution in [1.82, 2.24) is 9.97 Å². The van der Waals surface area contributed by atoms with Crippen LogP contribution in [-0.2, 0) is 22.3 Å². The first kappa shape index (κ1) is 57.0. The molecule has 5 rings (SSSR count). The fraction of sp³-hybridized carbons (Fsp3) is 0.700. The van der Waals surface area contributed by atoms with Crippen LogP contribution in [0.4, 0.5) is 0 Å². The molecule has 6 nitrogen and oxygen atoms in total. The van der Waals surface area contributed by atoms with Gasteiger partial charge in [0.1, 0.15) is 11.0 Å². The summed E-state index contributed by atoms with van der Waals surface area (Å²) in [5.74, 6) is -0.602. The number of carbonyl (C=O) groups excluding carboxylic acids is 2. The fourth-order valence-corrected chi connectivity index (χ4v) is 13.3. The number of rotatable bonds is 39. The highest BCUT2D eigenvalue weighted by molar-refractivity contribution is 7.27. The second kappa shape index (κ2) is 33.0. The van der Waals surface area contributed by atoms with E-state index in [1.54, 1.807) is 34.0 Å². The van der Waals surface area contributed by atoms with Crippen molar-refractivity contribution in [3.63, 3.8) is 0 Å². The molecule has 0 spiro atoms. The van der Waals surface area contributed by atoms with Gasteiger partial charge in [-0.05, 0) is 64.5 Å². The van der Waals surface area contributed by atoms with Crippen molar-refractivity contribution in [3.8, 4) is 9.75 Å². The van der Waals surface area contributed by atoms with Crippen molar-refractivity contribution in [2.24, 2.45) is 0 Å². The van der Waals surface area contributed by atoms with Crippen LogP contribution in [0.3, 0.4) is 0 Å².